The second-order valence-corrected chi connectivity index (χ2v) is 16.9. The summed E-state index contributed by atoms with van der Waals surface area (Å²) in [4.78, 5) is 108. The number of nitro benzene ring substituents is 2. The van der Waals surface area contributed by atoms with Crippen molar-refractivity contribution < 1.29 is 48.1 Å². The number of esters is 2. The number of nitrogens with zero attached hydrogens (tertiary/aromatic N) is 8. The predicted molar refractivity (Wildman–Crippen MR) is 253 cm³/mol. The first-order valence-corrected chi connectivity index (χ1v) is 21.6. The maximum absolute atomic E-state index is 14.4. The number of benzene rings is 4. The summed E-state index contributed by atoms with van der Waals surface area (Å²) in [5, 5.41) is 25.5. The zero-order chi connectivity index (χ0) is 49.4. The summed E-state index contributed by atoms with van der Waals surface area (Å²) in [6.45, 7) is -1.63. The minimum absolute atomic E-state index is 0.00267. The lowest BCUT2D eigenvalue weighted by Crippen LogP contribution is -2.35. The first kappa shape index (κ1) is 44.4. The minimum atomic E-state index is -0.970. The van der Waals surface area contributed by atoms with Gasteiger partial charge in [-0.3, -0.25) is 49.0 Å². The van der Waals surface area contributed by atoms with Crippen molar-refractivity contribution in [2.45, 2.75) is 12.8 Å². The van der Waals surface area contributed by atoms with E-state index in [2.05, 4.69) is 0 Å². The van der Waals surface area contributed by atoms with Crippen molar-refractivity contribution in [3.8, 4) is 0 Å². The highest BCUT2D eigenvalue weighted by Gasteiger charge is 2.44. The van der Waals surface area contributed by atoms with E-state index in [-0.39, 0.29) is 33.7 Å². The molecule has 350 valence electrons. The molecule has 0 bridgehead atoms. The van der Waals surface area contributed by atoms with Crippen LogP contribution in [0.15, 0.2) is 110 Å². The van der Waals surface area contributed by atoms with Crippen LogP contribution in [0.5, 0.6) is 0 Å². The Balaban J connectivity index is 0.858. The quantitative estimate of drug-likeness (QED) is 0.0521. The van der Waals surface area contributed by atoms with Crippen molar-refractivity contribution in [2.75, 3.05) is 13.5 Å². The predicted octanol–water partition coefficient (Wildman–Crippen LogP) is 6.51. The second-order valence-electron chi connectivity index (χ2n) is 16.9. The lowest BCUT2D eigenvalue weighted by molar-refractivity contribution is -0.384. The third-order valence-corrected chi connectivity index (χ3v) is 12.8. The molecule has 6 heterocycles. The van der Waals surface area contributed by atoms with Crippen LogP contribution in [-0.4, -0.2) is 86.9 Å². The standard InChI is InChI=1S/C50H38N8O12/c1-51-21-33(29-9-5-7-11-37(29)51)43-45(35-23-53(3)39-19-27(57(65)66)13-15-31(35)39)49(63)55(47(43)61)25-69-41(59)17-18-42(60)70-26-56-48(62)44(34-22-52(2)38-12-8-6-10-30(34)38)46(50(56)64)36-24-54(4)40-20-28(58(67)68)14-16-32(36)40/h5-16,19-24H,17-18,25-26H2,1-4H3. The average Bonchev–Trinajstić information content (AvgIpc) is 4.15. The van der Waals surface area contributed by atoms with E-state index < -0.39 is 71.7 Å². The molecule has 0 aliphatic carbocycles. The summed E-state index contributed by atoms with van der Waals surface area (Å²) in [6, 6.07) is 22.9. The zero-order valence-electron chi connectivity index (χ0n) is 37.7. The molecule has 0 saturated heterocycles. The van der Waals surface area contributed by atoms with Gasteiger partial charge in [0.25, 0.3) is 35.0 Å². The van der Waals surface area contributed by atoms with Crippen LogP contribution in [0.1, 0.15) is 35.1 Å². The number of aromatic nitrogens is 4. The fourth-order valence-electron chi connectivity index (χ4n) is 9.46. The zero-order valence-corrected chi connectivity index (χ0v) is 37.7. The molecule has 0 unspecified atom stereocenters. The molecule has 10 rings (SSSR count). The molecule has 0 atom stereocenters. The maximum Gasteiger partial charge on any atom is 0.308 e. The molecule has 0 spiro atoms. The van der Waals surface area contributed by atoms with Crippen molar-refractivity contribution in [2.24, 2.45) is 28.2 Å². The summed E-state index contributed by atoms with van der Waals surface area (Å²) in [7, 11) is 6.89. The number of rotatable bonds is 13. The maximum atomic E-state index is 14.4. The first-order valence-electron chi connectivity index (χ1n) is 21.6. The van der Waals surface area contributed by atoms with Crippen LogP contribution in [0, 0.1) is 20.2 Å². The number of hydrogen-bond acceptors (Lipinski definition) is 12. The van der Waals surface area contributed by atoms with Gasteiger partial charge >= 0.3 is 11.9 Å². The van der Waals surface area contributed by atoms with Gasteiger partial charge in [-0.15, -0.1) is 0 Å². The molecule has 4 amide bonds. The Morgan fingerprint density at radius 3 is 1.09 bits per heavy atom. The Bertz CT molecular complexity index is 3520. The number of non-ortho nitro benzene ring substituents is 2. The van der Waals surface area contributed by atoms with E-state index >= 15 is 0 Å². The highest BCUT2D eigenvalue weighted by Crippen LogP contribution is 2.44. The molecule has 2 aliphatic rings. The third-order valence-electron chi connectivity index (χ3n) is 12.8. The molecule has 0 saturated carbocycles. The summed E-state index contributed by atoms with van der Waals surface area (Å²) < 4.78 is 17.6. The van der Waals surface area contributed by atoms with Gasteiger partial charge in [0.05, 0.1) is 56.0 Å². The van der Waals surface area contributed by atoms with Crippen LogP contribution in [-0.2, 0) is 66.4 Å². The van der Waals surface area contributed by atoms with Crippen molar-refractivity contribution in [3.63, 3.8) is 0 Å². The van der Waals surface area contributed by atoms with Gasteiger partial charge in [-0.05, 0) is 24.3 Å². The van der Waals surface area contributed by atoms with E-state index in [1.807, 2.05) is 24.3 Å². The number of hydrogen-bond donors (Lipinski definition) is 0. The van der Waals surface area contributed by atoms with E-state index in [4.69, 9.17) is 9.47 Å². The Labute approximate surface area is 394 Å². The number of aryl methyl sites for hydroxylation is 4. The number of ether oxygens (including phenoxy) is 2. The normalized spacial score (nSPS) is 14.2. The molecule has 20 heteroatoms. The van der Waals surface area contributed by atoms with Gasteiger partial charge in [0.1, 0.15) is 0 Å². The monoisotopic (exact) mass is 942 g/mol. The van der Waals surface area contributed by atoms with Crippen LogP contribution in [0.4, 0.5) is 11.4 Å². The topological polar surface area (TPSA) is 233 Å². The van der Waals surface area contributed by atoms with Crippen LogP contribution in [0.2, 0.25) is 0 Å². The summed E-state index contributed by atoms with van der Waals surface area (Å²) in [5.74, 6) is -5.03. The van der Waals surface area contributed by atoms with E-state index in [1.54, 1.807) is 95.5 Å². The number of fused-ring (bicyclic) bond motifs is 4. The minimum Gasteiger partial charge on any atom is -0.444 e. The Morgan fingerprint density at radius 2 is 0.757 bits per heavy atom. The number of carbonyl (C=O) groups excluding carboxylic acids is 6. The summed E-state index contributed by atoms with van der Waals surface area (Å²) in [5.41, 5.74) is 3.67. The largest absolute Gasteiger partial charge is 0.444 e. The molecular weight excluding hydrogens is 905 g/mol. The van der Waals surface area contributed by atoms with Crippen LogP contribution in [0.3, 0.4) is 0 Å². The lowest BCUT2D eigenvalue weighted by Gasteiger charge is -2.16. The number of carbonyl (C=O) groups is 6. The lowest BCUT2D eigenvalue weighted by atomic mass is 9.95. The van der Waals surface area contributed by atoms with E-state index in [0.29, 0.717) is 54.8 Å². The molecule has 4 aromatic heterocycles. The van der Waals surface area contributed by atoms with Crippen molar-refractivity contribution in [3.05, 3.63) is 152 Å². The highest BCUT2D eigenvalue weighted by molar-refractivity contribution is 6.51. The average molecular weight is 943 g/mol. The Kier molecular flexibility index (Phi) is 10.6. The van der Waals surface area contributed by atoms with E-state index in [9.17, 15) is 49.0 Å². The fourth-order valence-corrected chi connectivity index (χ4v) is 9.46. The third kappa shape index (κ3) is 7.07. The van der Waals surface area contributed by atoms with Gasteiger partial charge in [-0.2, -0.15) is 0 Å². The van der Waals surface area contributed by atoms with Crippen LogP contribution < -0.4 is 0 Å². The van der Waals surface area contributed by atoms with E-state index in [0.717, 1.165) is 20.8 Å². The number of imide groups is 2. The van der Waals surface area contributed by atoms with Crippen LogP contribution in [0.25, 0.3) is 65.9 Å². The first-order chi connectivity index (χ1) is 33.5. The molecule has 20 nitrogen and oxygen atoms in total. The summed E-state index contributed by atoms with van der Waals surface area (Å²) in [6.07, 6.45) is 5.50. The molecule has 4 aromatic carbocycles. The van der Waals surface area contributed by atoms with Crippen molar-refractivity contribution >= 4 is 113 Å². The van der Waals surface area contributed by atoms with Gasteiger partial charge < -0.3 is 27.7 Å². The van der Waals surface area contributed by atoms with Gasteiger partial charge in [-0.1, -0.05) is 36.4 Å². The molecule has 0 fully saturated rings. The molecular formula is C50H38N8O12. The van der Waals surface area contributed by atoms with Gasteiger partial charge in [0.2, 0.25) is 0 Å². The van der Waals surface area contributed by atoms with Crippen LogP contribution >= 0.6 is 0 Å². The summed E-state index contributed by atoms with van der Waals surface area (Å²) >= 11 is 0. The Morgan fingerprint density at radius 1 is 0.457 bits per heavy atom. The Hall–Kier alpha value is -9.46. The van der Waals surface area contributed by atoms with Crippen molar-refractivity contribution in [1.29, 1.82) is 0 Å². The SMILES string of the molecule is Cn1cc(C2=C(c3cn(C)c4cc([N+](=O)[O-])ccc34)C(=O)N(COC(=O)CCC(=O)OCN3C(=O)C(c4cn(C)c5ccccc45)=C(c4cn(C)c5cc([N+](=O)[O-])ccc45)C3=O)C2=O)c2ccccc21. The van der Waals surface area contributed by atoms with Gasteiger partial charge in [0, 0.05) is 132 Å². The van der Waals surface area contributed by atoms with Gasteiger partial charge in [0.15, 0.2) is 13.5 Å². The van der Waals surface area contributed by atoms with Gasteiger partial charge in [-0.25, -0.2) is 9.80 Å². The molecule has 70 heavy (non-hydrogen) atoms. The fraction of sp³-hybridized carbons (Fsp3) is 0.160. The van der Waals surface area contributed by atoms with Crippen molar-refractivity contribution in [1.82, 2.24) is 28.1 Å². The number of nitro groups is 2. The number of para-hydroxylation sites is 2. The number of amides is 4. The second kappa shape index (κ2) is 16.7. The molecule has 0 radical (unpaired) electrons. The smallest absolute Gasteiger partial charge is 0.308 e. The molecule has 0 N–H and O–H groups in total. The molecule has 8 aromatic rings. The molecule has 2 aliphatic heterocycles. The highest BCUT2D eigenvalue weighted by atomic mass is 16.6. The van der Waals surface area contributed by atoms with E-state index in [1.165, 1.54) is 36.4 Å².